The number of ether oxygens (including phenoxy) is 3. The lowest BCUT2D eigenvalue weighted by Crippen LogP contribution is -2.43. The molecule has 1 amide bonds. The maximum atomic E-state index is 13.1. The zero-order chi connectivity index (χ0) is 20.8. The molecule has 1 saturated heterocycles. The fraction of sp³-hybridized carbons (Fsp3) is 0.625. The highest BCUT2D eigenvalue weighted by Gasteiger charge is 2.34. The van der Waals surface area contributed by atoms with Crippen molar-refractivity contribution < 1.29 is 24.1 Å². The van der Waals surface area contributed by atoms with Gasteiger partial charge >= 0.3 is 0 Å². The summed E-state index contributed by atoms with van der Waals surface area (Å²) in [5.41, 5.74) is 1.91. The minimum Gasteiger partial charge on any atom is -0.459 e. The molecule has 6 heteroatoms. The number of aliphatic hydroxyl groups is 1. The third-order valence-electron chi connectivity index (χ3n) is 6.49. The van der Waals surface area contributed by atoms with E-state index in [1.165, 1.54) is 32.1 Å². The Labute approximate surface area is 178 Å². The van der Waals surface area contributed by atoms with Crippen LogP contribution in [0.3, 0.4) is 0 Å². The summed E-state index contributed by atoms with van der Waals surface area (Å²) in [4.78, 5) is 14.9. The van der Waals surface area contributed by atoms with E-state index in [-0.39, 0.29) is 12.5 Å². The molecular weight excluding hydrogens is 382 g/mol. The minimum atomic E-state index is -0.417. The molecule has 0 spiro atoms. The van der Waals surface area contributed by atoms with Gasteiger partial charge in [0, 0.05) is 19.5 Å². The van der Waals surface area contributed by atoms with Crippen molar-refractivity contribution in [2.24, 2.45) is 11.8 Å². The topological polar surface area (TPSA) is 68.2 Å². The third kappa shape index (κ3) is 5.42. The summed E-state index contributed by atoms with van der Waals surface area (Å²) in [7, 11) is 0. The molecule has 164 valence electrons. The summed E-state index contributed by atoms with van der Waals surface area (Å²) in [5, 5.41) is 9.20. The zero-order valence-corrected chi connectivity index (χ0v) is 17.6. The Morgan fingerprint density at radius 3 is 2.47 bits per heavy atom. The van der Waals surface area contributed by atoms with E-state index in [0.717, 1.165) is 17.5 Å². The summed E-state index contributed by atoms with van der Waals surface area (Å²) < 4.78 is 17.6. The number of amides is 1. The van der Waals surface area contributed by atoms with Crippen LogP contribution in [-0.4, -0.2) is 48.5 Å². The van der Waals surface area contributed by atoms with E-state index < -0.39 is 6.29 Å². The Morgan fingerprint density at radius 1 is 1.07 bits per heavy atom. The highest BCUT2D eigenvalue weighted by Crippen LogP contribution is 2.37. The molecule has 2 aliphatic heterocycles. The SMILES string of the molecule is O=C(C1=C[C@@H](C2CCCCC2)C[C@@H](OCc2ccc(CO)cc2)O1)N1CCOCC1. The summed E-state index contributed by atoms with van der Waals surface area (Å²) in [6.45, 7) is 2.83. The summed E-state index contributed by atoms with van der Waals surface area (Å²) >= 11 is 0. The molecule has 3 aliphatic rings. The van der Waals surface area contributed by atoms with Gasteiger partial charge in [0.15, 0.2) is 5.76 Å². The highest BCUT2D eigenvalue weighted by atomic mass is 16.7. The highest BCUT2D eigenvalue weighted by molar-refractivity contribution is 5.91. The van der Waals surface area contributed by atoms with Gasteiger partial charge in [0.2, 0.25) is 6.29 Å². The van der Waals surface area contributed by atoms with Gasteiger partial charge in [0.05, 0.1) is 26.4 Å². The molecule has 30 heavy (non-hydrogen) atoms. The van der Waals surface area contributed by atoms with Gasteiger partial charge in [0.1, 0.15) is 0 Å². The van der Waals surface area contributed by atoms with Crippen LogP contribution in [0, 0.1) is 11.8 Å². The quantitative estimate of drug-likeness (QED) is 0.771. The van der Waals surface area contributed by atoms with Crippen LogP contribution in [0.15, 0.2) is 36.1 Å². The second-order valence-electron chi connectivity index (χ2n) is 8.57. The van der Waals surface area contributed by atoms with Crippen molar-refractivity contribution in [2.75, 3.05) is 26.3 Å². The number of hydrogen-bond donors (Lipinski definition) is 1. The minimum absolute atomic E-state index is 0.0355. The molecule has 1 aromatic carbocycles. The molecule has 2 heterocycles. The van der Waals surface area contributed by atoms with Crippen LogP contribution in [0.2, 0.25) is 0 Å². The largest absolute Gasteiger partial charge is 0.459 e. The van der Waals surface area contributed by atoms with Crippen molar-refractivity contribution in [3.63, 3.8) is 0 Å². The number of benzene rings is 1. The van der Waals surface area contributed by atoms with Crippen LogP contribution in [0.5, 0.6) is 0 Å². The first kappa shape index (κ1) is 21.3. The molecule has 0 unspecified atom stereocenters. The summed E-state index contributed by atoms with van der Waals surface area (Å²) in [6.07, 6.45) is 8.73. The van der Waals surface area contributed by atoms with Gasteiger partial charge in [-0.2, -0.15) is 0 Å². The Kier molecular flexibility index (Phi) is 7.42. The Balaban J connectivity index is 1.43. The fourth-order valence-electron chi connectivity index (χ4n) is 4.68. The first-order chi connectivity index (χ1) is 14.7. The van der Waals surface area contributed by atoms with Gasteiger partial charge in [0.25, 0.3) is 5.91 Å². The molecule has 4 rings (SSSR count). The van der Waals surface area contributed by atoms with Crippen molar-refractivity contribution in [1.82, 2.24) is 4.90 Å². The number of allylic oxidation sites excluding steroid dienone is 1. The molecule has 0 radical (unpaired) electrons. The molecule has 6 nitrogen and oxygen atoms in total. The Hall–Kier alpha value is -1.89. The standard InChI is InChI=1S/C24H33NO5/c26-16-18-6-8-19(9-7-18)17-29-23-15-21(20-4-2-1-3-5-20)14-22(30-23)24(27)25-10-12-28-13-11-25/h6-9,14,20-21,23,26H,1-5,10-13,15-17H2/t21-,23+/m1/s1. The van der Waals surface area contributed by atoms with Crippen molar-refractivity contribution >= 4 is 5.91 Å². The molecule has 1 aliphatic carbocycles. The predicted octanol–water partition coefficient (Wildman–Crippen LogP) is 3.38. The monoisotopic (exact) mass is 415 g/mol. The van der Waals surface area contributed by atoms with Crippen LogP contribution in [0.25, 0.3) is 0 Å². The molecule has 2 atom stereocenters. The smallest absolute Gasteiger partial charge is 0.288 e. The van der Waals surface area contributed by atoms with Crippen LogP contribution >= 0.6 is 0 Å². The Bertz CT molecular complexity index is 720. The number of rotatable bonds is 6. The molecule has 1 aromatic rings. The van der Waals surface area contributed by atoms with Gasteiger partial charge in [-0.05, 0) is 41.9 Å². The zero-order valence-electron chi connectivity index (χ0n) is 17.6. The van der Waals surface area contributed by atoms with E-state index >= 15 is 0 Å². The number of aliphatic hydroxyl groups excluding tert-OH is 1. The van der Waals surface area contributed by atoms with Gasteiger partial charge in [-0.25, -0.2) is 0 Å². The molecule has 0 bridgehead atoms. The number of morpholine rings is 1. The van der Waals surface area contributed by atoms with Gasteiger partial charge in [-0.3, -0.25) is 4.79 Å². The van der Waals surface area contributed by atoms with Crippen molar-refractivity contribution in [1.29, 1.82) is 0 Å². The summed E-state index contributed by atoms with van der Waals surface area (Å²) in [6, 6.07) is 7.72. The van der Waals surface area contributed by atoms with Crippen LogP contribution in [-0.2, 0) is 32.2 Å². The first-order valence-corrected chi connectivity index (χ1v) is 11.3. The number of nitrogens with zero attached hydrogens (tertiary/aromatic N) is 1. The molecule has 1 saturated carbocycles. The number of carbonyl (C=O) groups excluding carboxylic acids is 1. The molecule has 1 N–H and O–H groups in total. The maximum Gasteiger partial charge on any atom is 0.288 e. The van der Waals surface area contributed by atoms with Crippen LogP contribution in [0.1, 0.15) is 49.7 Å². The molecule has 2 fully saturated rings. The van der Waals surface area contributed by atoms with Crippen LogP contribution < -0.4 is 0 Å². The summed E-state index contributed by atoms with van der Waals surface area (Å²) in [5.74, 6) is 1.32. The number of carbonyl (C=O) groups is 1. The van der Waals surface area contributed by atoms with Crippen LogP contribution in [0.4, 0.5) is 0 Å². The second kappa shape index (κ2) is 10.4. The van der Waals surface area contributed by atoms with Crippen molar-refractivity contribution in [2.45, 2.75) is 58.0 Å². The normalized spacial score (nSPS) is 25.5. The van der Waals surface area contributed by atoms with E-state index in [9.17, 15) is 9.90 Å². The van der Waals surface area contributed by atoms with Crippen molar-refractivity contribution in [3.05, 3.63) is 47.2 Å². The lowest BCUT2D eigenvalue weighted by Gasteiger charge is -2.36. The number of hydrogen-bond acceptors (Lipinski definition) is 5. The van der Waals surface area contributed by atoms with E-state index in [2.05, 4.69) is 6.08 Å². The van der Waals surface area contributed by atoms with E-state index in [4.69, 9.17) is 14.2 Å². The van der Waals surface area contributed by atoms with Gasteiger partial charge in [-0.1, -0.05) is 43.5 Å². The van der Waals surface area contributed by atoms with E-state index in [1.54, 1.807) is 0 Å². The van der Waals surface area contributed by atoms with E-state index in [1.807, 2.05) is 29.2 Å². The lowest BCUT2D eigenvalue weighted by atomic mass is 9.77. The second-order valence-corrected chi connectivity index (χ2v) is 8.57. The average molecular weight is 416 g/mol. The Morgan fingerprint density at radius 2 is 1.77 bits per heavy atom. The van der Waals surface area contributed by atoms with Gasteiger partial charge in [-0.15, -0.1) is 0 Å². The average Bonchev–Trinajstić information content (AvgIpc) is 2.83. The van der Waals surface area contributed by atoms with Crippen molar-refractivity contribution in [3.8, 4) is 0 Å². The molecular formula is C24H33NO5. The third-order valence-corrected chi connectivity index (χ3v) is 6.49. The lowest BCUT2D eigenvalue weighted by molar-refractivity contribution is -0.162. The van der Waals surface area contributed by atoms with Gasteiger partial charge < -0.3 is 24.2 Å². The first-order valence-electron chi connectivity index (χ1n) is 11.3. The van der Waals surface area contributed by atoms with E-state index in [0.29, 0.717) is 50.5 Å². The molecule has 0 aromatic heterocycles. The fourth-order valence-corrected chi connectivity index (χ4v) is 4.68. The maximum absolute atomic E-state index is 13.1. The predicted molar refractivity (Wildman–Crippen MR) is 112 cm³/mol.